The predicted octanol–water partition coefficient (Wildman–Crippen LogP) is 3.68. The summed E-state index contributed by atoms with van der Waals surface area (Å²) >= 11 is 1.35. The molecule has 1 heterocycles. The van der Waals surface area contributed by atoms with E-state index < -0.39 is 5.25 Å². The number of hydrogen-bond donors (Lipinski definition) is 1. The van der Waals surface area contributed by atoms with Gasteiger partial charge >= 0.3 is 0 Å². The first kappa shape index (κ1) is 16.5. The summed E-state index contributed by atoms with van der Waals surface area (Å²) in [6.07, 6.45) is 2.09. The highest BCUT2D eigenvalue weighted by Crippen LogP contribution is 2.37. The molecule has 1 aromatic carbocycles. The fraction of sp³-hybridized carbons (Fsp3) is 0.316. The maximum atomic E-state index is 12.7. The van der Waals surface area contributed by atoms with Gasteiger partial charge in [-0.3, -0.25) is 4.79 Å². The number of carbonyl (C=O) groups is 1. The van der Waals surface area contributed by atoms with E-state index in [1.54, 1.807) is 0 Å². The van der Waals surface area contributed by atoms with E-state index in [4.69, 9.17) is 0 Å². The molecule has 1 aliphatic rings. The molecule has 0 aliphatic heterocycles. The van der Waals surface area contributed by atoms with Crippen LogP contribution in [-0.2, 0) is 4.79 Å². The Hall–Kier alpha value is -2.32. The molecule has 1 fully saturated rings. The van der Waals surface area contributed by atoms with E-state index in [1.165, 1.54) is 11.8 Å². The molecular formula is C19H19N3OS. The topological polar surface area (TPSA) is 65.8 Å². The third-order valence-electron chi connectivity index (χ3n) is 3.92. The second-order valence-corrected chi connectivity index (χ2v) is 7.16. The number of nitrogens with zero attached hydrogens (tertiary/aromatic N) is 2. The molecule has 1 unspecified atom stereocenters. The lowest BCUT2D eigenvalue weighted by atomic mass is 10.1. The fourth-order valence-corrected chi connectivity index (χ4v) is 3.75. The van der Waals surface area contributed by atoms with Gasteiger partial charge in [-0.1, -0.05) is 42.1 Å². The third-order valence-corrected chi connectivity index (χ3v) is 5.16. The fourth-order valence-electron chi connectivity index (χ4n) is 2.54. The van der Waals surface area contributed by atoms with Crippen molar-refractivity contribution in [3.05, 3.63) is 58.8 Å². The zero-order valence-electron chi connectivity index (χ0n) is 13.7. The SMILES string of the molecule is Cc1cc(C)c(C#N)c(SC(C(=O)NC2CC2)c2ccccc2)n1. The zero-order valence-corrected chi connectivity index (χ0v) is 14.6. The second-order valence-electron chi connectivity index (χ2n) is 6.06. The minimum absolute atomic E-state index is 0.0152. The van der Waals surface area contributed by atoms with Crippen molar-refractivity contribution in [3.8, 4) is 6.07 Å². The summed E-state index contributed by atoms with van der Waals surface area (Å²) in [6.45, 7) is 3.80. The second kappa shape index (κ2) is 7.06. The molecule has 1 aliphatic carbocycles. The number of aryl methyl sites for hydroxylation is 2. The van der Waals surface area contributed by atoms with Gasteiger partial charge < -0.3 is 5.32 Å². The number of nitriles is 1. The number of benzene rings is 1. The lowest BCUT2D eigenvalue weighted by Gasteiger charge is -2.17. The summed E-state index contributed by atoms with van der Waals surface area (Å²) in [5.74, 6) is -0.0152. The van der Waals surface area contributed by atoms with Crippen molar-refractivity contribution in [2.45, 2.75) is 43.0 Å². The highest BCUT2D eigenvalue weighted by Gasteiger charge is 2.30. The van der Waals surface area contributed by atoms with Crippen molar-refractivity contribution >= 4 is 17.7 Å². The maximum absolute atomic E-state index is 12.7. The lowest BCUT2D eigenvalue weighted by Crippen LogP contribution is -2.29. The van der Waals surface area contributed by atoms with Crippen LogP contribution in [0.3, 0.4) is 0 Å². The third kappa shape index (κ3) is 3.77. The molecule has 0 bridgehead atoms. The minimum Gasteiger partial charge on any atom is -0.352 e. The van der Waals surface area contributed by atoms with Crippen LogP contribution in [0.1, 0.15) is 40.5 Å². The molecule has 1 saturated carbocycles. The van der Waals surface area contributed by atoms with Crippen LogP contribution < -0.4 is 5.32 Å². The molecular weight excluding hydrogens is 318 g/mol. The summed E-state index contributed by atoms with van der Waals surface area (Å²) < 4.78 is 0. The van der Waals surface area contributed by atoms with Gasteiger partial charge in [0, 0.05) is 11.7 Å². The molecule has 5 heteroatoms. The van der Waals surface area contributed by atoms with Crippen molar-refractivity contribution in [3.63, 3.8) is 0 Å². The largest absolute Gasteiger partial charge is 0.352 e. The number of rotatable bonds is 5. The molecule has 0 spiro atoms. The van der Waals surface area contributed by atoms with Crippen molar-refractivity contribution < 1.29 is 4.79 Å². The predicted molar refractivity (Wildman–Crippen MR) is 94.6 cm³/mol. The van der Waals surface area contributed by atoms with Gasteiger partial charge in [-0.25, -0.2) is 4.98 Å². The molecule has 122 valence electrons. The van der Waals surface area contributed by atoms with Gasteiger partial charge in [0.25, 0.3) is 0 Å². The Morgan fingerprint density at radius 1 is 1.33 bits per heavy atom. The molecule has 4 nitrogen and oxygen atoms in total. The van der Waals surface area contributed by atoms with Crippen molar-refractivity contribution in [2.24, 2.45) is 0 Å². The van der Waals surface area contributed by atoms with E-state index in [0.717, 1.165) is 29.7 Å². The molecule has 3 rings (SSSR count). The number of nitrogens with one attached hydrogen (secondary N) is 1. The van der Waals surface area contributed by atoms with Gasteiger partial charge in [-0.15, -0.1) is 0 Å². The Kier molecular flexibility index (Phi) is 4.86. The van der Waals surface area contributed by atoms with Crippen LogP contribution in [0, 0.1) is 25.2 Å². The molecule has 0 radical (unpaired) electrons. The van der Waals surface area contributed by atoms with Crippen LogP contribution in [-0.4, -0.2) is 16.9 Å². The van der Waals surface area contributed by atoms with Crippen LogP contribution in [0.5, 0.6) is 0 Å². The van der Waals surface area contributed by atoms with E-state index in [1.807, 2.05) is 50.2 Å². The first-order valence-corrected chi connectivity index (χ1v) is 8.86. The van der Waals surface area contributed by atoms with E-state index in [2.05, 4.69) is 16.4 Å². The molecule has 1 atom stereocenters. The average molecular weight is 337 g/mol. The number of amides is 1. The average Bonchev–Trinajstić information content (AvgIpc) is 3.37. The van der Waals surface area contributed by atoms with Gasteiger partial charge in [-0.05, 0) is 43.9 Å². The molecule has 0 saturated heterocycles. The highest BCUT2D eigenvalue weighted by molar-refractivity contribution is 8.00. The van der Waals surface area contributed by atoms with Crippen molar-refractivity contribution in [1.29, 1.82) is 5.26 Å². The number of hydrogen-bond acceptors (Lipinski definition) is 4. The Morgan fingerprint density at radius 2 is 2.04 bits per heavy atom. The van der Waals surface area contributed by atoms with Crippen molar-refractivity contribution in [2.75, 3.05) is 0 Å². The highest BCUT2D eigenvalue weighted by atomic mass is 32.2. The summed E-state index contributed by atoms with van der Waals surface area (Å²) in [6, 6.07) is 14.1. The first-order chi connectivity index (χ1) is 11.6. The van der Waals surface area contributed by atoms with Gasteiger partial charge in [0.15, 0.2) is 0 Å². The normalized spacial score (nSPS) is 14.7. The van der Waals surface area contributed by atoms with Crippen LogP contribution in [0.2, 0.25) is 0 Å². The van der Waals surface area contributed by atoms with Crippen LogP contribution >= 0.6 is 11.8 Å². The van der Waals surface area contributed by atoms with E-state index in [0.29, 0.717) is 16.6 Å². The number of pyridine rings is 1. The molecule has 24 heavy (non-hydrogen) atoms. The molecule has 2 aromatic rings. The Bertz CT molecular complexity index is 794. The number of thioether (sulfide) groups is 1. The monoisotopic (exact) mass is 337 g/mol. The minimum atomic E-state index is -0.410. The zero-order chi connectivity index (χ0) is 17.1. The van der Waals surface area contributed by atoms with E-state index in [-0.39, 0.29) is 5.91 Å². The van der Waals surface area contributed by atoms with E-state index >= 15 is 0 Å². The Labute approximate surface area is 146 Å². The van der Waals surface area contributed by atoms with Gasteiger partial charge in [0.1, 0.15) is 16.3 Å². The smallest absolute Gasteiger partial charge is 0.238 e. The number of aromatic nitrogens is 1. The molecule has 1 N–H and O–H groups in total. The quantitative estimate of drug-likeness (QED) is 0.845. The summed E-state index contributed by atoms with van der Waals surface area (Å²) in [7, 11) is 0. The maximum Gasteiger partial charge on any atom is 0.238 e. The van der Waals surface area contributed by atoms with Crippen molar-refractivity contribution in [1.82, 2.24) is 10.3 Å². The lowest BCUT2D eigenvalue weighted by molar-refractivity contribution is -0.120. The van der Waals surface area contributed by atoms with Crippen LogP contribution in [0.4, 0.5) is 0 Å². The van der Waals surface area contributed by atoms with Gasteiger partial charge in [-0.2, -0.15) is 5.26 Å². The summed E-state index contributed by atoms with van der Waals surface area (Å²) in [4.78, 5) is 17.2. The van der Waals surface area contributed by atoms with E-state index in [9.17, 15) is 10.1 Å². The number of carbonyl (C=O) groups excluding carboxylic acids is 1. The van der Waals surface area contributed by atoms with Gasteiger partial charge in [0.2, 0.25) is 5.91 Å². The van der Waals surface area contributed by atoms with Gasteiger partial charge in [0.05, 0.1) is 5.56 Å². The molecule has 1 aromatic heterocycles. The molecule has 1 amide bonds. The van der Waals surface area contributed by atoms with Crippen LogP contribution in [0.15, 0.2) is 41.4 Å². The Morgan fingerprint density at radius 3 is 2.67 bits per heavy atom. The standard InChI is InChI=1S/C19H19N3OS/c1-12-10-13(2)21-19(16(12)11-20)24-17(14-6-4-3-5-7-14)18(23)22-15-8-9-15/h3-7,10,15,17H,8-9H2,1-2H3,(H,22,23). The first-order valence-electron chi connectivity index (χ1n) is 7.99. The summed E-state index contributed by atoms with van der Waals surface area (Å²) in [5, 5.41) is 12.7. The van der Waals surface area contributed by atoms with Crippen LogP contribution in [0.25, 0.3) is 0 Å². The summed E-state index contributed by atoms with van der Waals surface area (Å²) in [5.41, 5.74) is 3.21. The Balaban J connectivity index is 1.95.